The van der Waals surface area contributed by atoms with E-state index in [2.05, 4.69) is 11.9 Å². The van der Waals surface area contributed by atoms with Gasteiger partial charge in [0, 0.05) is 24.5 Å². The molecule has 1 amide bonds. The number of carbonyl (C=O) groups excluding carboxylic acids is 1. The molecule has 2 rings (SSSR count). The van der Waals surface area contributed by atoms with Gasteiger partial charge in [0.15, 0.2) is 0 Å². The second kappa shape index (κ2) is 4.93. The SMILES string of the molecule is CCc1nc(CC(=O)N2CCC(N)C2)cs1. The molecule has 1 fully saturated rings. The van der Waals surface area contributed by atoms with Gasteiger partial charge in [-0.15, -0.1) is 11.3 Å². The first-order valence-electron chi connectivity index (χ1n) is 5.65. The molecule has 1 unspecified atom stereocenters. The number of hydrogen-bond acceptors (Lipinski definition) is 4. The fourth-order valence-corrected chi connectivity index (χ4v) is 2.62. The van der Waals surface area contributed by atoms with Crippen LogP contribution in [0.5, 0.6) is 0 Å². The Morgan fingerprint density at radius 3 is 3.12 bits per heavy atom. The summed E-state index contributed by atoms with van der Waals surface area (Å²) in [6.45, 7) is 3.57. The minimum Gasteiger partial charge on any atom is -0.341 e. The summed E-state index contributed by atoms with van der Waals surface area (Å²) in [5.74, 6) is 0.154. The predicted molar refractivity (Wildman–Crippen MR) is 64.4 cm³/mol. The maximum atomic E-state index is 11.9. The molecule has 0 saturated carbocycles. The molecule has 2 heterocycles. The standard InChI is InChI=1S/C11H17N3OS/c1-2-10-13-9(7-16-10)5-11(15)14-4-3-8(12)6-14/h7-8H,2-6,12H2,1H3. The molecule has 5 heteroatoms. The number of nitrogens with zero attached hydrogens (tertiary/aromatic N) is 2. The average Bonchev–Trinajstić information content (AvgIpc) is 2.87. The highest BCUT2D eigenvalue weighted by atomic mass is 32.1. The number of carbonyl (C=O) groups is 1. The Bertz CT molecular complexity index is 377. The molecular formula is C11H17N3OS. The van der Waals surface area contributed by atoms with Crippen molar-refractivity contribution in [3.05, 3.63) is 16.1 Å². The predicted octanol–water partition coefficient (Wildman–Crippen LogP) is 0.808. The second-order valence-corrected chi connectivity index (χ2v) is 5.09. The quantitative estimate of drug-likeness (QED) is 0.849. The Balaban J connectivity index is 1.91. The Kier molecular flexibility index (Phi) is 3.56. The highest BCUT2D eigenvalue weighted by Crippen LogP contribution is 2.13. The number of rotatable bonds is 3. The third kappa shape index (κ3) is 2.59. The van der Waals surface area contributed by atoms with Gasteiger partial charge in [0.2, 0.25) is 5.91 Å². The fourth-order valence-electron chi connectivity index (χ4n) is 1.87. The van der Waals surface area contributed by atoms with Crippen molar-refractivity contribution in [1.29, 1.82) is 0 Å². The van der Waals surface area contributed by atoms with Crippen LogP contribution in [0.15, 0.2) is 5.38 Å². The number of likely N-dealkylation sites (tertiary alicyclic amines) is 1. The van der Waals surface area contributed by atoms with Crippen LogP contribution in [0.25, 0.3) is 0 Å². The molecule has 16 heavy (non-hydrogen) atoms. The molecular weight excluding hydrogens is 222 g/mol. The Labute approximate surface area is 99.5 Å². The van der Waals surface area contributed by atoms with Crippen LogP contribution in [-0.4, -0.2) is 34.9 Å². The van der Waals surface area contributed by atoms with E-state index in [0.29, 0.717) is 13.0 Å². The fraction of sp³-hybridized carbons (Fsp3) is 0.636. The van der Waals surface area contributed by atoms with Gasteiger partial charge < -0.3 is 10.6 Å². The van der Waals surface area contributed by atoms with Gasteiger partial charge in [-0.3, -0.25) is 4.79 Å². The van der Waals surface area contributed by atoms with Gasteiger partial charge in [0.25, 0.3) is 0 Å². The molecule has 1 atom stereocenters. The van der Waals surface area contributed by atoms with E-state index < -0.39 is 0 Å². The Morgan fingerprint density at radius 1 is 1.75 bits per heavy atom. The molecule has 2 N–H and O–H groups in total. The number of aryl methyl sites for hydroxylation is 1. The molecule has 0 aliphatic carbocycles. The van der Waals surface area contributed by atoms with Crippen LogP contribution in [0.3, 0.4) is 0 Å². The van der Waals surface area contributed by atoms with Gasteiger partial charge in [-0.05, 0) is 12.8 Å². The summed E-state index contributed by atoms with van der Waals surface area (Å²) in [4.78, 5) is 18.1. The van der Waals surface area contributed by atoms with Gasteiger partial charge in [-0.1, -0.05) is 6.92 Å². The molecule has 4 nitrogen and oxygen atoms in total. The summed E-state index contributed by atoms with van der Waals surface area (Å²) in [5, 5.41) is 3.08. The summed E-state index contributed by atoms with van der Waals surface area (Å²) in [5.41, 5.74) is 6.67. The lowest BCUT2D eigenvalue weighted by atomic mass is 10.3. The van der Waals surface area contributed by atoms with Crippen LogP contribution in [0.2, 0.25) is 0 Å². The molecule has 0 spiro atoms. The maximum absolute atomic E-state index is 11.9. The van der Waals surface area contributed by atoms with Crippen LogP contribution in [-0.2, 0) is 17.6 Å². The van der Waals surface area contributed by atoms with Gasteiger partial charge in [0.05, 0.1) is 17.1 Å². The number of nitrogens with two attached hydrogens (primary N) is 1. The molecule has 1 aliphatic rings. The highest BCUT2D eigenvalue weighted by molar-refractivity contribution is 7.09. The maximum Gasteiger partial charge on any atom is 0.228 e. The van der Waals surface area contributed by atoms with E-state index in [1.54, 1.807) is 11.3 Å². The molecule has 0 aromatic carbocycles. The Morgan fingerprint density at radius 2 is 2.56 bits per heavy atom. The molecule has 1 aliphatic heterocycles. The molecule has 0 bridgehead atoms. The minimum atomic E-state index is 0.154. The van der Waals surface area contributed by atoms with Crippen LogP contribution in [0.1, 0.15) is 24.0 Å². The van der Waals surface area contributed by atoms with Crippen molar-refractivity contribution in [3.8, 4) is 0 Å². The molecule has 0 radical (unpaired) electrons. The molecule has 1 saturated heterocycles. The normalized spacial score (nSPS) is 20.4. The van der Waals surface area contributed by atoms with Crippen molar-refractivity contribution in [3.63, 3.8) is 0 Å². The molecule has 1 aromatic heterocycles. The van der Waals surface area contributed by atoms with Gasteiger partial charge in [0.1, 0.15) is 0 Å². The monoisotopic (exact) mass is 239 g/mol. The molecule has 88 valence electrons. The summed E-state index contributed by atoms with van der Waals surface area (Å²) in [6.07, 6.45) is 2.28. The van der Waals surface area contributed by atoms with E-state index in [-0.39, 0.29) is 11.9 Å². The van der Waals surface area contributed by atoms with Gasteiger partial charge >= 0.3 is 0 Å². The van der Waals surface area contributed by atoms with E-state index in [4.69, 9.17) is 5.73 Å². The zero-order valence-electron chi connectivity index (χ0n) is 9.48. The number of hydrogen-bond donors (Lipinski definition) is 1. The van der Waals surface area contributed by atoms with E-state index in [0.717, 1.165) is 30.1 Å². The molecule has 1 aromatic rings. The summed E-state index contributed by atoms with van der Waals surface area (Å²) < 4.78 is 0. The van der Waals surface area contributed by atoms with Crippen molar-refractivity contribution in [2.24, 2.45) is 5.73 Å². The first-order valence-corrected chi connectivity index (χ1v) is 6.53. The van der Waals surface area contributed by atoms with Crippen molar-refractivity contribution in [1.82, 2.24) is 9.88 Å². The number of aromatic nitrogens is 1. The van der Waals surface area contributed by atoms with Crippen molar-refractivity contribution < 1.29 is 4.79 Å². The Hall–Kier alpha value is -0.940. The third-order valence-corrected chi connectivity index (χ3v) is 3.85. The summed E-state index contributed by atoms with van der Waals surface area (Å²) in [6, 6.07) is 0.158. The van der Waals surface area contributed by atoms with E-state index in [1.807, 2.05) is 10.3 Å². The summed E-state index contributed by atoms with van der Waals surface area (Å²) in [7, 11) is 0. The van der Waals surface area contributed by atoms with Crippen molar-refractivity contribution in [2.75, 3.05) is 13.1 Å². The first kappa shape index (κ1) is 11.5. The second-order valence-electron chi connectivity index (χ2n) is 4.15. The van der Waals surface area contributed by atoms with E-state index in [1.165, 1.54) is 0 Å². The smallest absolute Gasteiger partial charge is 0.228 e. The third-order valence-electron chi connectivity index (χ3n) is 2.81. The van der Waals surface area contributed by atoms with Gasteiger partial charge in [-0.25, -0.2) is 4.98 Å². The lowest BCUT2D eigenvalue weighted by molar-refractivity contribution is -0.129. The largest absolute Gasteiger partial charge is 0.341 e. The van der Waals surface area contributed by atoms with Gasteiger partial charge in [-0.2, -0.15) is 0 Å². The van der Waals surface area contributed by atoms with E-state index >= 15 is 0 Å². The topological polar surface area (TPSA) is 59.2 Å². The number of thiazole rings is 1. The van der Waals surface area contributed by atoms with Crippen LogP contribution >= 0.6 is 11.3 Å². The summed E-state index contributed by atoms with van der Waals surface area (Å²) >= 11 is 1.63. The van der Waals surface area contributed by atoms with Crippen LogP contribution in [0.4, 0.5) is 0 Å². The highest BCUT2D eigenvalue weighted by Gasteiger charge is 2.23. The lowest BCUT2D eigenvalue weighted by Gasteiger charge is -2.14. The van der Waals surface area contributed by atoms with Crippen molar-refractivity contribution >= 4 is 17.2 Å². The first-order chi connectivity index (χ1) is 7.69. The average molecular weight is 239 g/mol. The number of amides is 1. The van der Waals surface area contributed by atoms with Crippen molar-refractivity contribution in [2.45, 2.75) is 32.2 Å². The van der Waals surface area contributed by atoms with E-state index in [9.17, 15) is 4.79 Å². The zero-order chi connectivity index (χ0) is 11.5. The minimum absolute atomic E-state index is 0.154. The van der Waals surface area contributed by atoms with Crippen LogP contribution in [0, 0.1) is 0 Å². The zero-order valence-corrected chi connectivity index (χ0v) is 10.3. The van der Waals surface area contributed by atoms with Crippen LogP contribution < -0.4 is 5.73 Å². The lowest BCUT2D eigenvalue weighted by Crippen LogP contribution is -2.32.